The Labute approximate surface area is 120 Å². The predicted octanol–water partition coefficient (Wildman–Crippen LogP) is 4.48. The molecule has 1 heteroatoms. The summed E-state index contributed by atoms with van der Waals surface area (Å²) >= 11 is 0. The van der Waals surface area contributed by atoms with Crippen LogP contribution in [-0.4, -0.2) is 12.1 Å². The highest BCUT2D eigenvalue weighted by Crippen LogP contribution is 2.39. The smallest absolute Gasteiger partial charge is 0.00966 e. The molecule has 0 spiro atoms. The Morgan fingerprint density at radius 3 is 2.42 bits per heavy atom. The average molecular weight is 263 g/mol. The molecule has 1 fully saturated rings. The van der Waals surface area contributed by atoms with Gasteiger partial charge in [-0.1, -0.05) is 13.8 Å². The third-order valence-corrected chi connectivity index (χ3v) is 4.68. The molecule has 1 saturated carbocycles. The number of hydrogen-bond donors (Lipinski definition) is 1. The molecule has 0 saturated heterocycles. The fraction of sp³-hybridized carbons (Fsp3) is 0.889. The summed E-state index contributed by atoms with van der Waals surface area (Å²) in [5.74, 6) is 6.21. The summed E-state index contributed by atoms with van der Waals surface area (Å²) in [7, 11) is 0. The maximum Gasteiger partial charge on any atom is 0.00966 e. The van der Waals surface area contributed by atoms with Gasteiger partial charge in [-0.05, 0) is 76.7 Å². The highest BCUT2D eigenvalue weighted by atomic mass is 14.9. The van der Waals surface area contributed by atoms with E-state index < -0.39 is 0 Å². The van der Waals surface area contributed by atoms with Crippen LogP contribution in [-0.2, 0) is 0 Å². The van der Waals surface area contributed by atoms with Crippen molar-refractivity contribution in [2.45, 2.75) is 72.3 Å². The van der Waals surface area contributed by atoms with Gasteiger partial charge >= 0.3 is 0 Å². The third-order valence-electron chi connectivity index (χ3n) is 4.68. The standard InChI is InChI=1S/C18H33N/c1-7-8-9-16-12-15(14(2)3)10-11-17(16)13-19-18(4,5)6/h1,14-17,19H,8-13H2,2-6H3. The molecule has 0 aromatic heterocycles. The largest absolute Gasteiger partial charge is 0.312 e. The van der Waals surface area contributed by atoms with E-state index in [1.165, 1.54) is 25.7 Å². The molecule has 110 valence electrons. The lowest BCUT2D eigenvalue weighted by atomic mass is 9.69. The SMILES string of the molecule is C#CCCC1CC(C(C)C)CCC1CNC(C)(C)C. The molecule has 0 aliphatic heterocycles. The Morgan fingerprint density at radius 1 is 1.21 bits per heavy atom. The van der Waals surface area contributed by atoms with Crippen molar-refractivity contribution in [2.24, 2.45) is 23.7 Å². The van der Waals surface area contributed by atoms with E-state index in [1.54, 1.807) is 0 Å². The van der Waals surface area contributed by atoms with Crippen molar-refractivity contribution in [1.29, 1.82) is 0 Å². The molecular formula is C18H33N. The lowest BCUT2D eigenvalue weighted by Crippen LogP contribution is -2.42. The lowest BCUT2D eigenvalue weighted by Gasteiger charge is -2.39. The zero-order chi connectivity index (χ0) is 14.5. The molecule has 1 rings (SSSR count). The minimum Gasteiger partial charge on any atom is -0.312 e. The number of rotatable bonds is 5. The molecule has 1 N–H and O–H groups in total. The molecule has 3 unspecified atom stereocenters. The number of hydrogen-bond acceptors (Lipinski definition) is 1. The summed E-state index contributed by atoms with van der Waals surface area (Å²) in [6.07, 6.45) is 11.8. The fourth-order valence-corrected chi connectivity index (χ4v) is 3.30. The summed E-state index contributed by atoms with van der Waals surface area (Å²) in [6.45, 7) is 12.7. The summed E-state index contributed by atoms with van der Waals surface area (Å²) in [5, 5.41) is 3.69. The molecule has 0 bridgehead atoms. The van der Waals surface area contributed by atoms with E-state index in [9.17, 15) is 0 Å². The molecule has 1 aliphatic carbocycles. The van der Waals surface area contributed by atoms with Gasteiger partial charge in [-0.2, -0.15) is 0 Å². The highest BCUT2D eigenvalue weighted by Gasteiger charge is 2.31. The Morgan fingerprint density at radius 2 is 1.89 bits per heavy atom. The molecule has 3 atom stereocenters. The molecule has 1 nitrogen and oxygen atoms in total. The first-order valence-corrected chi connectivity index (χ1v) is 8.02. The first kappa shape index (κ1) is 16.6. The molecule has 0 heterocycles. The van der Waals surface area contributed by atoms with Crippen molar-refractivity contribution >= 4 is 0 Å². The van der Waals surface area contributed by atoms with Crippen molar-refractivity contribution in [3.63, 3.8) is 0 Å². The molecule has 0 radical (unpaired) electrons. The zero-order valence-corrected chi connectivity index (χ0v) is 13.6. The molecule has 1 aliphatic rings. The van der Waals surface area contributed by atoms with Crippen LogP contribution in [0, 0.1) is 36.0 Å². The van der Waals surface area contributed by atoms with Crippen LogP contribution in [0.5, 0.6) is 0 Å². The van der Waals surface area contributed by atoms with Crippen molar-refractivity contribution in [2.75, 3.05) is 6.54 Å². The van der Waals surface area contributed by atoms with Gasteiger partial charge in [0, 0.05) is 12.0 Å². The monoisotopic (exact) mass is 263 g/mol. The van der Waals surface area contributed by atoms with Crippen LogP contribution in [0.15, 0.2) is 0 Å². The second kappa shape index (κ2) is 7.34. The Bertz CT molecular complexity index is 292. The maximum atomic E-state index is 5.46. The Balaban J connectivity index is 2.55. The van der Waals surface area contributed by atoms with Gasteiger partial charge in [0.05, 0.1) is 0 Å². The van der Waals surface area contributed by atoms with Gasteiger partial charge in [-0.3, -0.25) is 0 Å². The first-order chi connectivity index (χ1) is 8.83. The van der Waals surface area contributed by atoms with Crippen LogP contribution in [0.3, 0.4) is 0 Å². The van der Waals surface area contributed by atoms with Gasteiger partial charge in [-0.15, -0.1) is 12.3 Å². The third kappa shape index (κ3) is 6.00. The van der Waals surface area contributed by atoms with Gasteiger partial charge in [0.1, 0.15) is 0 Å². The van der Waals surface area contributed by atoms with Crippen molar-refractivity contribution in [1.82, 2.24) is 5.32 Å². The van der Waals surface area contributed by atoms with Crippen LogP contribution in [0.1, 0.15) is 66.7 Å². The van der Waals surface area contributed by atoms with Gasteiger partial charge < -0.3 is 5.32 Å². The van der Waals surface area contributed by atoms with Gasteiger partial charge in [0.2, 0.25) is 0 Å². The van der Waals surface area contributed by atoms with Crippen LogP contribution >= 0.6 is 0 Å². The van der Waals surface area contributed by atoms with E-state index >= 15 is 0 Å². The molecule has 0 amide bonds. The Hall–Kier alpha value is -0.480. The fourth-order valence-electron chi connectivity index (χ4n) is 3.30. The van der Waals surface area contributed by atoms with Crippen molar-refractivity contribution in [3.8, 4) is 12.3 Å². The maximum absolute atomic E-state index is 5.46. The zero-order valence-electron chi connectivity index (χ0n) is 13.6. The van der Waals surface area contributed by atoms with E-state index in [4.69, 9.17) is 6.42 Å². The summed E-state index contributed by atoms with van der Waals surface area (Å²) in [5.41, 5.74) is 0.228. The normalized spacial score (nSPS) is 28.4. The summed E-state index contributed by atoms with van der Waals surface area (Å²) < 4.78 is 0. The molecule has 19 heavy (non-hydrogen) atoms. The van der Waals surface area contributed by atoms with Gasteiger partial charge in [-0.25, -0.2) is 0 Å². The van der Waals surface area contributed by atoms with Crippen LogP contribution < -0.4 is 5.32 Å². The average Bonchev–Trinajstić information content (AvgIpc) is 2.33. The molecule has 0 aromatic carbocycles. The van der Waals surface area contributed by atoms with E-state index in [1.807, 2.05) is 0 Å². The second-order valence-corrected chi connectivity index (χ2v) is 7.71. The first-order valence-electron chi connectivity index (χ1n) is 8.02. The van der Waals surface area contributed by atoms with Crippen molar-refractivity contribution < 1.29 is 0 Å². The quantitative estimate of drug-likeness (QED) is 0.721. The van der Waals surface area contributed by atoms with Crippen LogP contribution in [0.4, 0.5) is 0 Å². The minimum atomic E-state index is 0.228. The molecular weight excluding hydrogens is 230 g/mol. The number of terminal acetylenes is 1. The Kier molecular flexibility index (Phi) is 6.40. The topological polar surface area (TPSA) is 12.0 Å². The van der Waals surface area contributed by atoms with E-state index in [-0.39, 0.29) is 5.54 Å². The van der Waals surface area contributed by atoms with E-state index in [2.05, 4.69) is 45.9 Å². The predicted molar refractivity (Wildman–Crippen MR) is 85.0 cm³/mol. The molecule has 0 aromatic rings. The highest BCUT2D eigenvalue weighted by molar-refractivity contribution is 4.89. The van der Waals surface area contributed by atoms with E-state index in [0.717, 1.165) is 36.6 Å². The van der Waals surface area contributed by atoms with E-state index in [0.29, 0.717) is 0 Å². The lowest BCUT2D eigenvalue weighted by molar-refractivity contribution is 0.133. The second-order valence-electron chi connectivity index (χ2n) is 7.71. The van der Waals surface area contributed by atoms with Gasteiger partial charge in [0.25, 0.3) is 0 Å². The van der Waals surface area contributed by atoms with Crippen LogP contribution in [0.25, 0.3) is 0 Å². The minimum absolute atomic E-state index is 0.228. The number of nitrogens with one attached hydrogen (secondary N) is 1. The van der Waals surface area contributed by atoms with Crippen LogP contribution in [0.2, 0.25) is 0 Å². The summed E-state index contributed by atoms with van der Waals surface area (Å²) in [6, 6.07) is 0. The summed E-state index contributed by atoms with van der Waals surface area (Å²) in [4.78, 5) is 0. The van der Waals surface area contributed by atoms with Crippen molar-refractivity contribution in [3.05, 3.63) is 0 Å². The van der Waals surface area contributed by atoms with Gasteiger partial charge in [0.15, 0.2) is 0 Å².